The molecule has 6 rings (SSSR count). The Bertz CT molecular complexity index is 1610. The van der Waals surface area contributed by atoms with Crippen LogP contribution in [0.25, 0.3) is 16.9 Å². The third-order valence-corrected chi connectivity index (χ3v) is 7.39. The van der Waals surface area contributed by atoms with E-state index in [1.807, 2.05) is 0 Å². The Kier molecular flexibility index (Phi) is 5.53. The van der Waals surface area contributed by atoms with Gasteiger partial charge in [0.15, 0.2) is 17.3 Å². The van der Waals surface area contributed by atoms with Crippen LogP contribution < -0.4 is 5.32 Å². The van der Waals surface area contributed by atoms with Crippen molar-refractivity contribution in [3.8, 4) is 5.82 Å². The maximum absolute atomic E-state index is 14.8. The highest BCUT2D eigenvalue weighted by atomic mass is 32.2. The van der Waals surface area contributed by atoms with Gasteiger partial charge < -0.3 is 10.2 Å². The molecule has 1 unspecified atom stereocenters. The first-order chi connectivity index (χ1) is 17.2. The lowest BCUT2D eigenvalue weighted by Crippen LogP contribution is -2.33. The Balaban J connectivity index is 1.39. The van der Waals surface area contributed by atoms with Crippen molar-refractivity contribution in [3.05, 3.63) is 65.2 Å². The van der Waals surface area contributed by atoms with E-state index in [2.05, 4.69) is 48.7 Å². The van der Waals surface area contributed by atoms with Crippen molar-refractivity contribution in [3.63, 3.8) is 0 Å². The van der Waals surface area contributed by atoms with Gasteiger partial charge in [-0.2, -0.15) is 9.35 Å². The summed E-state index contributed by atoms with van der Waals surface area (Å²) in [5.74, 6) is 1.31. The number of aromatic nitrogens is 4. The summed E-state index contributed by atoms with van der Waals surface area (Å²) < 4.78 is 32.6. The summed E-state index contributed by atoms with van der Waals surface area (Å²) in [5.41, 5.74) is 5.62. The molecule has 4 aromatic rings. The van der Waals surface area contributed by atoms with E-state index >= 15 is 0 Å². The van der Waals surface area contributed by atoms with Gasteiger partial charge in [-0.1, -0.05) is 6.07 Å². The topological polar surface area (TPSA) is 88.3 Å². The van der Waals surface area contributed by atoms with Gasteiger partial charge in [0, 0.05) is 53.4 Å². The van der Waals surface area contributed by atoms with Crippen LogP contribution in [-0.2, 0) is 22.7 Å². The second kappa shape index (κ2) is 8.63. The lowest BCUT2D eigenvalue weighted by atomic mass is 9.77. The number of anilines is 2. The zero-order valence-electron chi connectivity index (χ0n) is 20.5. The molecule has 0 fully saturated rings. The van der Waals surface area contributed by atoms with Crippen molar-refractivity contribution < 1.29 is 8.60 Å². The highest BCUT2D eigenvalue weighted by molar-refractivity contribution is 7.92. The van der Waals surface area contributed by atoms with Crippen LogP contribution in [-0.4, -0.2) is 54.7 Å². The van der Waals surface area contributed by atoms with Crippen LogP contribution in [0.1, 0.15) is 35.4 Å². The zero-order chi connectivity index (χ0) is 25.0. The first kappa shape index (κ1) is 23.1. The number of likely N-dealkylation sites (N-methyl/N-ethyl adjacent to an activating group) is 1. The standard InChI is InChI=1S/C26H28FN7OS/c1-33-13-17-7-4-6-16-10-19(11-18(14-33)24(16)17)29-26-28-12-20-21(27)15-34(25(20)31-26)23-9-5-8-22(30-23)32-36(2,3)35/h5,8-12,15,17H,4,6-7,13-14H2,1-3H3,(H,28,29,31). The monoisotopic (exact) mass is 505 g/mol. The Hall–Kier alpha value is -3.37. The Morgan fingerprint density at radius 1 is 1.19 bits per heavy atom. The van der Waals surface area contributed by atoms with Crippen LogP contribution in [0.4, 0.5) is 21.8 Å². The first-order valence-electron chi connectivity index (χ1n) is 12.0. The Morgan fingerprint density at radius 3 is 2.86 bits per heavy atom. The molecule has 3 aromatic heterocycles. The fraction of sp³-hybridized carbons (Fsp3) is 0.346. The summed E-state index contributed by atoms with van der Waals surface area (Å²) in [6.07, 6.45) is 9.45. The van der Waals surface area contributed by atoms with E-state index in [0.29, 0.717) is 34.5 Å². The van der Waals surface area contributed by atoms with Crippen LogP contribution in [0.2, 0.25) is 0 Å². The maximum Gasteiger partial charge on any atom is 0.229 e. The van der Waals surface area contributed by atoms with Gasteiger partial charge in [-0.15, -0.1) is 0 Å². The summed E-state index contributed by atoms with van der Waals surface area (Å²) in [6, 6.07) is 9.56. The van der Waals surface area contributed by atoms with Crippen LogP contribution >= 0.6 is 0 Å². The molecule has 0 amide bonds. The Morgan fingerprint density at radius 2 is 2.03 bits per heavy atom. The SMILES string of the molecule is CN1Cc2cc(Nc3ncc4c(F)cn(-c5cccc(N=S(C)(C)=O)n5)c4n3)cc3c2C(CCC3)C1. The van der Waals surface area contributed by atoms with E-state index in [-0.39, 0.29) is 0 Å². The number of rotatable bonds is 4. The molecule has 186 valence electrons. The average molecular weight is 506 g/mol. The van der Waals surface area contributed by atoms with E-state index < -0.39 is 15.5 Å². The van der Waals surface area contributed by atoms with Crippen LogP contribution in [0, 0.1) is 5.82 Å². The largest absolute Gasteiger partial charge is 0.324 e. The fourth-order valence-electron chi connectivity index (χ4n) is 5.47. The molecule has 4 heterocycles. The van der Waals surface area contributed by atoms with Crippen molar-refractivity contribution in [1.82, 2.24) is 24.4 Å². The van der Waals surface area contributed by atoms with E-state index in [0.717, 1.165) is 25.2 Å². The number of hydrogen-bond donors (Lipinski definition) is 1. The van der Waals surface area contributed by atoms with Crippen LogP contribution in [0.15, 0.2) is 47.1 Å². The average Bonchev–Trinajstić information content (AvgIpc) is 3.14. The number of nitrogens with one attached hydrogen (secondary N) is 1. The summed E-state index contributed by atoms with van der Waals surface area (Å²) in [4.78, 5) is 15.9. The fourth-order valence-corrected chi connectivity index (χ4v) is 6.02. The summed E-state index contributed by atoms with van der Waals surface area (Å²) >= 11 is 0. The number of fused-ring (bicyclic) bond motifs is 1. The van der Waals surface area contributed by atoms with Gasteiger partial charge in [-0.25, -0.2) is 18.6 Å². The zero-order valence-corrected chi connectivity index (χ0v) is 21.3. The smallest absolute Gasteiger partial charge is 0.229 e. The molecule has 2 aliphatic rings. The molecule has 0 radical (unpaired) electrons. The minimum atomic E-state index is -2.38. The second-order valence-electron chi connectivity index (χ2n) is 10.0. The third kappa shape index (κ3) is 4.35. The lowest BCUT2D eigenvalue weighted by Gasteiger charge is -2.37. The van der Waals surface area contributed by atoms with Gasteiger partial charge in [0.1, 0.15) is 5.82 Å². The van der Waals surface area contributed by atoms with Gasteiger partial charge in [-0.05, 0) is 73.2 Å². The molecule has 10 heteroatoms. The highest BCUT2D eigenvalue weighted by Crippen LogP contribution is 2.40. The predicted molar refractivity (Wildman–Crippen MR) is 140 cm³/mol. The number of pyridine rings is 1. The molecule has 0 saturated heterocycles. The molecule has 0 saturated carbocycles. The number of halogens is 1. The molecule has 1 N–H and O–H groups in total. The minimum absolute atomic E-state index is 0.296. The molecule has 0 bridgehead atoms. The molecule has 0 spiro atoms. The maximum atomic E-state index is 14.8. The minimum Gasteiger partial charge on any atom is -0.324 e. The summed E-state index contributed by atoms with van der Waals surface area (Å²) in [7, 11) is -0.206. The highest BCUT2D eigenvalue weighted by Gasteiger charge is 2.29. The van der Waals surface area contributed by atoms with Crippen molar-refractivity contribution in [2.75, 3.05) is 31.4 Å². The number of hydrogen-bond acceptors (Lipinski definition) is 7. The number of nitrogens with zero attached hydrogens (tertiary/aromatic N) is 6. The molecule has 36 heavy (non-hydrogen) atoms. The van der Waals surface area contributed by atoms with Crippen molar-refractivity contribution in [2.24, 2.45) is 4.36 Å². The van der Waals surface area contributed by atoms with E-state index in [1.54, 1.807) is 35.3 Å². The number of benzene rings is 1. The number of aryl methyl sites for hydroxylation is 1. The molecular weight excluding hydrogens is 477 g/mol. The van der Waals surface area contributed by atoms with E-state index in [1.165, 1.54) is 41.9 Å². The van der Waals surface area contributed by atoms with E-state index in [4.69, 9.17) is 0 Å². The van der Waals surface area contributed by atoms with Gasteiger partial charge in [0.25, 0.3) is 0 Å². The molecule has 1 aliphatic heterocycles. The summed E-state index contributed by atoms with van der Waals surface area (Å²) in [6.45, 7) is 2.04. The lowest BCUT2D eigenvalue weighted by molar-refractivity contribution is 0.266. The van der Waals surface area contributed by atoms with Crippen molar-refractivity contribution in [1.29, 1.82) is 0 Å². The van der Waals surface area contributed by atoms with Crippen molar-refractivity contribution in [2.45, 2.75) is 31.7 Å². The molecule has 1 atom stereocenters. The van der Waals surface area contributed by atoms with Gasteiger partial charge in [-0.3, -0.25) is 4.57 Å². The van der Waals surface area contributed by atoms with Crippen LogP contribution in [0.5, 0.6) is 0 Å². The van der Waals surface area contributed by atoms with Gasteiger partial charge in [0.2, 0.25) is 5.95 Å². The summed E-state index contributed by atoms with van der Waals surface area (Å²) in [5, 5.41) is 3.65. The predicted octanol–water partition coefficient (Wildman–Crippen LogP) is 4.92. The van der Waals surface area contributed by atoms with Crippen LogP contribution in [0.3, 0.4) is 0 Å². The van der Waals surface area contributed by atoms with Gasteiger partial charge in [0.05, 0.1) is 5.39 Å². The molecular formula is C26H28FN7OS. The molecule has 1 aromatic carbocycles. The second-order valence-corrected chi connectivity index (χ2v) is 12.6. The van der Waals surface area contributed by atoms with Gasteiger partial charge >= 0.3 is 0 Å². The first-order valence-corrected chi connectivity index (χ1v) is 14.4. The van der Waals surface area contributed by atoms with E-state index in [9.17, 15) is 8.60 Å². The quantitative estimate of drug-likeness (QED) is 0.423. The Labute approximate surface area is 209 Å². The normalized spacial score (nSPS) is 17.7. The third-order valence-electron chi connectivity index (χ3n) is 6.76. The van der Waals surface area contributed by atoms with Crippen molar-refractivity contribution >= 4 is 38.2 Å². The molecule has 1 aliphatic carbocycles. The molecule has 8 nitrogen and oxygen atoms in total.